The number of nitrogens with zero attached hydrogens (tertiary/aromatic N) is 1. The number of carbonyl (C=O) groups excluding carboxylic acids is 2. The summed E-state index contributed by atoms with van der Waals surface area (Å²) in [7, 11) is 1.35. The van der Waals surface area contributed by atoms with Gasteiger partial charge in [-0.1, -0.05) is 135 Å². The third-order valence-corrected chi connectivity index (χ3v) is 9.05. The molecule has 0 aliphatic carbocycles. The van der Waals surface area contributed by atoms with Crippen LogP contribution < -0.4 is 0 Å². The van der Waals surface area contributed by atoms with E-state index in [9.17, 15) is 24.2 Å². The maximum atomic E-state index is 12.7. The highest BCUT2D eigenvalue weighted by Gasteiger charge is 2.27. The molecule has 3 atom stereocenters. The molecule has 0 aliphatic rings. The molecule has 0 amide bonds. The fraction of sp³-hybridized carbons (Fsp3) is 0.542. The lowest BCUT2D eigenvalue weighted by atomic mass is 10.2. The minimum Gasteiger partial charge on any atom is -0.462 e. The van der Waals surface area contributed by atoms with Crippen LogP contribution in [-0.4, -0.2) is 86.1 Å². The van der Waals surface area contributed by atoms with Gasteiger partial charge in [-0.25, -0.2) is 4.57 Å². The lowest BCUT2D eigenvalue weighted by Gasteiger charge is -2.24. The fourth-order valence-electron chi connectivity index (χ4n) is 4.75. The van der Waals surface area contributed by atoms with E-state index in [1.165, 1.54) is 0 Å². The number of aliphatic hydroxyl groups is 1. The number of unbranched alkanes of at least 4 members (excludes halogenated alkanes) is 2. The highest BCUT2D eigenvalue weighted by Crippen LogP contribution is 2.43. The third kappa shape index (κ3) is 42.3. The number of ether oxygens (including phenoxy) is 2. The van der Waals surface area contributed by atoms with Gasteiger partial charge in [0.1, 0.15) is 19.8 Å². The smallest absolute Gasteiger partial charge is 0.462 e. The zero-order chi connectivity index (χ0) is 43.7. The minimum atomic E-state index is -4.43. The van der Waals surface area contributed by atoms with Crippen LogP contribution in [0.15, 0.2) is 122 Å². The predicted octanol–water partition coefficient (Wildman–Crippen LogP) is 11.1. The molecule has 0 heterocycles. The van der Waals surface area contributed by atoms with Crippen molar-refractivity contribution in [2.45, 2.75) is 122 Å². The summed E-state index contributed by atoms with van der Waals surface area (Å²) < 4.78 is 34.1. The second kappa shape index (κ2) is 38.6. The van der Waals surface area contributed by atoms with Gasteiger partial charge >= 0.3 is 19.8 Å². The molecule has 0 aliphatic heterocycles. The quantitative estimate of drug-likeness (QED) is 0.0158. The number of likely N-dealkylation sites (N-methyl/N-ethyl adjacent to an activating group) is 1. The Morgan fingerprint density at radius 1 is 0.610 bits per heavy atom. The first kappa shape index (κ1) is 55.4. The van der Waals surface area contributed by atoms with Gasteiger partial charge in [-0.15, -0.1) is 0 Å². The second-order valence-corrected chi connectivity index (χ2v) is 16.3. The Hall–Kier alpha value is -3.63. The summed E-state index contributed by atoms with van der Waals surface area (Å²) >= 11 is 0. The van der Waals surface area contributed by atoms with Gasteiger partial charge in [0, 0.05) is 12.8 Å². The predicted molar refractivity (Wildman–Crippen MR) is 243 cm³/mol. The first-order chi connectivity index (χ1) is 28.4. The van der Waals surface area contributed by atoms with E-state index in [1.807, 2.05) is 69.8 Å². The van der Waals surface area contributed by atoms with Crippen molar-refractivity contribution in [1.82, 2.24) is 0 Å². The number of rotatable bonds is 36. The Bertz CT molecular complexity index is 1430. The maximum absolute atomic E-state index is 12.7. The Morgan fingerprint density at radius 3 is 1.61 bits per heavy atom. The molecule has 0 saturated heterocycles. The van der Waals surface area contributed by atoms with E-state index >= 15 is 0 Å². The van der Waals surface area contributed by atoms with Crippen LogP contribution in [0.4, 0.5) is 0 Å². The number of phosphoric ester groups is 1. The molecule has 332 valence electrons. The summed E-state index contributed by atoms with van der Waals surface area (Å²) in [5.41, 5.74) is 0. The molecule has 0 aromatic heterocycles. The van der Waals surface area contributed by atoms with Gasteiger partial charge in [-0.2, -0.15) is 0 Å². The van der Waals surface area contributed by atoms with E-state index in [0.29, 0.717) is 43.1 Å². The van der Waals surface area contributed by atoms with E-state index in [0.717, 1.165) is 51.4 Å². The van der Waals surface area contributed by atoms with Crippen LogP contribution in [0, 0.1) is 0 Å². The van der Waals surface area contributed by atoms with Crippen LogP contribution in [0.2, 0.25) is 0 Å². The number of hydrogen-bond acceptors (Lipinski definition) is 8. The largest absolute Gasteiger partial charge is 0.472 e. The number of quaternary nitrogens is 1. The number of phosphoric acid groups is 1. The molecule has 2 N–H and O–H groups in total. The lowest BCUT2D eigenvalue weighted by Crippen LogP contribution is -2.37. The number of aliphatic hydroxyl groups excluding tert-OH is 1. The van der Waals surface area contributed by atoms with Crippen molar-refractivity contribution in [2.24, 2.45) is 0 Å². The molecule has 0 rings (SSSR count). The third-order valence-electron chi connectivity index (χ3n) is 8.07. The van der Waals surface area contributed by atoms with Gasteiger partial charge in [-0.05, 0) is 83.5 Å². The van der Waals surface area contributed by atoms with Gasteiger partial charge < -0.3 is 24.0 Å². The standard InChI is InChI=1S/C48H76NO9P/c1-6-8-10-12-14-15-16-17-18-19-20-21-22-23-28-32-36-40-48(52)58-46(44-57-59(53,54)56-42-41-49(3,4)5)43-55-47(51)39-35-31-27-25-24-26-30-34-38-45(50)37-33-29-13-11-9-7-2/h8-11,14-15,17-18,20-21,23,25-30,33-34,38,45-46,50H,6-7,12-13,16,19,22,24,31-32,35-37,39-44H2,1-5H3/p+1/b10-8-,11-9-,15-14-,18-17-,21-20-,27-25-,28-23-,30-26-,33-29-,38-34+/t45?,46-/m1/s1. The second-order valence-electron chi connectivity index (χ2n) is 14.8. The van der Waals surface area contributed by atoms with Gasteiger partial charge in [0.2, 0.25) is 0 Å². The number of carbonyl (C=O) groups is 2. The van der Waals surface area contributed by atoms with Crippen molar-refractivity contribution in [3.8, 4) is 0 Å². The Labute approximate surface area is 357 Å². The molecule has 0 aromatic carbocycles. The first-order valence-electron chi connectivity index (χ1n) is 21.4. The van der Waals surface area contributed by atoms with E-state index in [2.05, 4.69) is 80.7 Å². The highest BCUT2D eigenvalue weighted by atomic mass is 31.2. The molecule has 0 aromatic rings. The van der Waals surface area contributed by atoms with Crippen molar-refractivity contribution >= 4 is 19.8 Å². The van der Waals surface area contributed by atoms with Crippen molar-refractivity contribution < 1.29 is 47.2 Å². The molecule has 0 radical (unpaired) electrons. The van der Waals surface area contributed by atoms with E-state index < -0.39 is 38.6 Å². The molecule has 10 nitrogen and oxygen atoms in total. The summed E-state index contributed by atoms with van der Waals surface area (Å²) in [5, 5.41) is 10.0. The summed E-state index contributed by atoms with van der Waals surface area (Å²) in [4.78, 5) is 35.3. The molecule has 59 heavy (non-hydrogen) atoms. The lowest BCUT2D eigenvalue weighted by molar-refractivity contribution is -0.870. The van der Waals surface area contributed by atoms with Gasteiger partial charge in [0.05, 0.1) is 33.9 Å². The highest BCUT2D eigenvalue weighted by molar-refractivity contribution is 7.47. The Balaban J connectivity index is 4.66. The van der Waals surface area contributed by atoms with Crippen LogP contribution in [0.25, 0.3) is 0 Å². The van der Waals surface area contributed by atoms with Crippen LogP contribution >= 0.6 is 7.82 Å². The van der Waals surface area contributed by atoms with Gasteiger partial charge in [-0.3, -0.25) is 18.6 Å². The molecule has 0 fully saturated rings. The van der Waals surface area contributed by atoms with Crippen LogP contribution in [0.3, 0.4) is 0 Å². The van der Waals surface area contributed by atoms with Crippen LogP contribution in [-0.2, 0) is 32.7 Å². The minimum absolute atomic E-state index is 0.00571. The zero-order valence-electron chi connectivity index (χ0n) is 36.8. The number of hydrogen-bond donors (Lipinski definition) is 2. The Kier molecular flexibility index (Phi) is 36.2. The molecule has 0 saturated carbocycles. The molecule has 2 unspecified atom stereocenters. The van der Waals surface area contributed by atoms with E-state index in [-0.39, 0.29) is 26.1 Å². The van der Waals surface area contributed by atoms with E-state index in [1.54, 1.807) is 6.08 Å². The van der Waals surface area contributed by atoms with Crippen molar-refractivity contribution in [3.63, 3.8) is 0 Å². The van der Waals surface area contributed by atoms with Crippen LogP contribution in [0.5, 0.6) is 0 Å². The fourth-order valence-corrected chi connectivity index (χ4v) is 5.50. The zero-order valence-corrected chi connectivity index (χ0v) is 37.7. The molecule has 11 heteroatoms. The topological polar surface area (TPSA) is 129 Å². The van der Waals surface area contributed by atoms with E-state index in [4.69, 9.17) is 18.5 Å². The van der Waals surface area contributed by atoms with Crippen molar-refractivity contribution in [3.05, 3.63) is 122 Å². The summed E-state index contributed by atoms with van der Waals surface area (Å²) in [6.45, 7) is 3.92. The number of allylic oxidation sites excluding steroid dienone is 18. The number of esters is 2. The van der Waals surface area contributed by atoms with Gasteiger partial charge in [0.25, 0.3) is 0 Å². The normalized spacial score (nSPS) is 15.3. The van der Waals surface area contributed by atoms with Crippen molar-refractivity contribution in [1.29, 1.82) is 0 Å². The molecular formula is C48H77NO9P+. The average molecular weight is 843 g/mol. The maximum Gasteiger partial charge on any atom is 0.472 e. The average Bonchev–Trinajstić information content (AvgIpc) is 3.18. The van der Waals surface area contributed by atoms with Crippen LogP contribution in [0.1, 0.15) is 110 Å². The molecule has 0 spiro atoms. The monoisotopic (exact) mass is 843 g/mol. The van der Waals surface area contributed by atoms with Crippen molar-refractivity contribution in [2.75, 3.05) is 47.5 Å². The summed E-state index contributed by atoms with van der Waals surface area (Å²) in [6, 6.07) is 0. The first-order valence-corrected chi connectivity index (χ1v) is 22.9. The molecule has 0 bridgehead atoms. The molecular weight excluding hydrogens is 766 g/mol. The Morgan fingerprint density at radius 2 is 1.08 bits per heavy atom. The SMILES string of the molecule is CC/C=C\C/C=C\C/C=C\C/C=C\C/C=C\CCCC(=O)O[C@H](COC(=O)CCC/C=C\C/C=C\C=C\C(O)C/C=C\C/C=C\CC)COP(=O)(O)OCC[N+](C)(C)C. The van der Waals surface area contributed by atoms with Gasteiger partial charge in [0.15, 0.2) is 6.10 Å². The summed E-state index contributed by atoms with van der Waals surface area (Å²) in [6.07, 6.45) is 50.1. The summed E-state index contributed by atoms with van der Waals surface area (Å²) in [5.74, 6) is -0.991.